The zero-order chi connectivity index (χ0) is 15.5. The third kappa shape index (κ3) is 3.86. The Morgan fingerprint density at radius 1 is 1.29 bits per heavy atom. The molecule has 2 rings (SSSR count). The van der Waals surface area contributed by atoms with E-state index in [-0.39, 0.29) is 21.0 Å². The molecule has 0 aromatic heterocycles. The lowest BCUT2D eigenvalue weighted by Gasteiger charge is -2.36. The average Bonchev–Trinajstić information content (AvgIpc) is 2.47. The summed E-state index contributed by atoms with van der Waals surface area (Å²) in [6, 6.07) is 2.36. The fourth-order valence-electron chi connectivity index (χ4n) is 2.78. The van der Waals surface area contributed by atoms with E-state index in [1.807, 2.05) is 0 Å². The lowest BCUT2D eigenvalue weighted by Crippen LogP contribution is -2.36. The van der Waals surface area contributed by atoms with E-state index in [1.54, 1.807) is 11.8 Å². The lowest BCUT2D eigenvalue weighted by molar-refractivity contribution is 0.410. The third-order valence-electron chi connectivity index (χ3n) is 4.11. The summed E-state index contributed by atoms with van der Waals surface area (Å²) in [7, 11) is 0. The summed E-state index contributed by atoms with van der Waals surface area (Å²) >= 11 is 6.53. The van der Waals surface area contributed by atoms with Crippen LogP contribution in [0.15, 0.2) is 12.1 Å². The van der Waals surface area contributed by atoms with Crippen LogP contribution in [0.2, 0.25) is 0 Å². The van der Waals surface area contributed by atoms with Crippen LogP contribution in [0.25, 0.3) is 0 Å². The van der Waals surface area contributed by atoms with Gasteiger partial charge < -0.3 is 11.1 Å². The fraction of sp³-hybridized carbons (Fsp3) is 0.533. The van der Waals surface area contributed by atoms with Gasteiger partial charge in [-0.3, -0.25) is 0 Å². The third-order valence-corrected chi connectivity index (χ3v) is 5.77. The number of thioether (sulfide) groups is 1. The highest BCUT2D eigenvalue weighted by Gasteiger charge is 2.31. The van der Waals surface area contributed by atoms with Gasteiger partial charge in [-0.25, -0.2) is 8.78 Å². The SMILES string of the molecule is CSC1(CNc2c(F)cc(C(N)=S)cc2F)CCCCC1. The molecule has 1 fully saturated rings. The Hall–Kier alpha value is -0.880. The monoisotopic (exact) mass is 330 g/mol. The predicted molar refractivity (Wildman–Crippen MR) is 90.1 cm³/mol. The molecule has 1 saturated carbocycles. The minimum atomic E-state index is -0.648. The molecule has 3 N–H and O–H groups in total. The van der Waals surface area contributed by atoms with Gasteiger partial charge in [0.1, 0.15) is 22.3 Å². The van der Waals surface area contributed by atoms with Crippen LogP contribution in [0, 0.1) is 11.6 Å². The maximum Gasteiger partial charge on any atom is 0.150 e. The van der Waals surface area contributed by atoms with Gasteiger partial charge in [0, 0.05) is 16.9 Å². The molecular formula is C15H20F2N2S2. The topological polar surface area (TPSA) is 38.0 Å². The molecule has 0 radical (unpaired) electrons. The number of nitrogens with two attached hydrogens (primary N) is 1. The molecule has 0 heterocycles. The first-order valence-electron chi connectivity index (χ1n) is 7.05. The van der Waals surface area contributed by atoms with E-state index in [0.717, 1.165) is 12.8 Å². The summed E-state index contributed by atoms with van der Waals surface area (Å²) in [5.41, 5.74) is 5.53. The molecule has 0 bridgehead atoms. The van der Waals surface area contributed by atoms with Crippen molar-refractivity contribution in [3.8, 4) is 0 Å². The van der Waals surface area contributed by atoms with Gasteiger partial charge in [0.15, 0.2) is 0 Å². The highest BCUT2D eigenvalue weighted by Crippen LogP contribution is 2.39. The molecule has 21 heavy (non-hydrogen) atoms. The molecule has 2 nitrogen and oxygen atoms in total. The summed E-state index contributed by atoms with van der Waals surface area (Å²) < 4.78 is 28.1. The maximum absolute atomic E-state index is 14.0. The molecule has 0 amide bonds. The zero-order valence-electron chi connectivity index (χ0n) is 12.0. The van der Waals surface area contributed by atoms with Crippen LogP contribution in [0.3, 0.4) is 0 Å². The van der Waals surface area contributed by atoms with E-state index >= 15 is 0 Å². The summed E-state index contributed by atoms with van der Waals surface area (Å²) in [6.07, 6.45) is 7.82. The van der Waals surface area contributed by atoms with Gasteiger partial charge >= 0.3 is 0 Å². The number of halogens is 2. The summed E-state index contributed by atoms with van der Waals surface area (Å²) in [5, 5.41) is 2.95. The van der Waals surface area contributed by atoms with Gasteiger partial charge in [0.05, 0.1) is 0 Å². The lowest BCUT2D eigenvalue weighted by atomic mass is 9.88. The van der Waals surface area contributed by atoms with Crippen LogP contribution in [0.1, 0.15) is 37.7 Å². The predicted octanol–water partition coefficient (Wildman–Crippen LogP) is 4.08. The molecule has 0 spiro atoms. The van der Waals surface area contributed by atoms with Crippen LogP contribution < -0.4 is 11.1 Å². The highest BCUT2D eigenvalue weighted by molar-refractivity contribution is 8.00. The fourth-order valence-corrected chi connectivity index (χ4v) is 3.81. The summed E-state index contributed by atoms with van der Waals surface area (Å²) in [4.78, 5) is -0.00721. The molecule has 0 atom stereocenters. The Morgan fingerprint density at radius 3 is 2.33 bits per heavy atom. The number of benzene rings is 1. The Balaban J connectivity index is 2.14. The van der Waals surface area contributed by atoms with Crippen molar-refractivity contribution in [1.29, 1.82) is 0 Å². The van der Waals surface area contributed by atoms with E-state index in [2.05, 4.69) is 11.6 Å². The maximum atomic E-state index is 14.0. The van der Waals surface area contributed by atoms with Gasteiger partial charge in [-0.1, -0.05) is 31.5 Å². The summed E-state index contributed by atoms with van der Waals surface area (Å²) in [6.45, 7) is 0.564. The minimum absolute atomic E-state index is 0.00721. The second-order valence-corrected chi connectivity index (χ2v) is 7.19. The van der Waals surface area contributed by atoms with Crippen molar-refractivity contribution < 1.29 is 8.78 Å². The molecule has 1 aliphatic rings. The van der Waals surface area contributed by atoms with Crippen LogP contribution >= 0.6 is 24.0 Å². The largest absolute Gasteiger partial charge is 0.389 e. The van der Waals surface area contributed by atoms with Gasteiger partial charge in [-0.15, -0.1) is 0 Å². The standard InChI is InChI=1S/C15H20F2N2S2/c1-21-15(5-3-2-4-6-15)9-19-13-11(16)7-10(14(18)20)8-12(13)17/h7-8,19H,2-6,9H2,1H3,(H2,18,20). The van der Waals surface area contributed by atoms with E-state index in [9.17, 15) is 8.78 Å². The Morgan fingerprint density at radius 2 is 1.86 bits per heavy atom. The smallest absolute Gasteiger partial charge is 0.150 e. The molecule has 116 valence electrons. The molecule has 1 aromatic carbocycles. The molecule has 1 aliphatic carbocycles. The van der Waals surface area contributed by atoms with Gasteiger partial charge in [0.2, 0.25) is 0 Å². The van der Waals surface area contributed by atoms with Crippen molar-refractivity contribution in [3.05, 3.63) is 29.3 Å². The first-order valence-corrected chi connectivity index (χ1v) is 8.69. The van der Waals surface area contributed by atoms with Crippen molar-refractivity contribution in [2.45, 2.75) is 36.9 Å². The number of nitrogens with one attached hydrogen (secondary N) is 1. The van der Waals surface area contributed by atoms with Crippen molar-refractivity contribution >= 4 is 34.7 Å². The van der Waals surface area contributed by atoms with Crippen molar-refractivity contribution in [2.75, 3.05) is 18.1 Å². The number of rotatable bonds is 5. The Kier molecular flexibility index (Phi) is 5.43. The van der Waals surface area contributed by atoms with Gasteiger partial charge in [-0.2, -0.15) is 11.8 Å². The molecule has 6 heteroatoms. The van der Waals surface area contributed by atoms with Crippen LogP contribution in [0.4, 0.5) is 14.5 Å². The Labute approximate surface area is 133 Å². The van der Waals surface area contributed by atoms with E-state index in [0.29, 0.717) is 6.54 Å². The quantitative estimate of drug-likeness (QED) is 0.798. The number of hydrogen-bond acceptors (Lipinski definition) is 3. The van der Waals surface area contributed by atoms with Gasteiger partial charge in [0.25, 0.3) is 0 Å². The second-order valence-electron chi connectivity index (χ2n) is 5.48. The van der Waals surface area contributed by atoms with E-state index < -0.39 is 11.6 Å². The highest BCUT2D eigenvalue weighted by atomic mass is 32.2. The van der Waals surface area contributed by atoms with E-state index in [1.165, 1.54) is 31.4 Å². The number of thiocarbonyl (C=S) groups is 1. The number of anilines is 1. The second kappa shape index (κ2) is 6.92. The van der Waals surface area contributed by atoms with Crippen molar-refractivity contribution in [2.24, 2.45) is 5.73 Å². The first kappa shape index (κ1) is 16.5. The van der Waals surface area contributed by atoms with Crippen molar-refractivity contribution in [3.63, 3.8) is 0 Å². The average molecular weight is 330 g/mol. The normalized spacial score (nSPS) is 17.5. The minimum Gasteiger partial charge on any atom is -0.389 e. The Bertz CT molecular complexity index is 505. The van der Waals surface area contributed by atoms with Crippen LogP contribution in [-0.2, 0) is 0 Å². The van der Waals surface area contributed by atoms with Crippen LogP contribution in [-0.4, -0.2) is 22.5 Å². The molecule has 1 aromatic rings. The van der Waals surface area contributed by atoms with Crippen LogP contribution in [0.5, 0.6) is 0 Å². The molecular weight excluding hydrogens is 310 g/mol. The number of hydrogen-bond donors (Lipinski definition) is 2. The molecule has 0 saturated heterocycles. The summed E-state index contributed by atoms with van der Waals surface area (Å²) in [5.74, 6) is -1.30. The molecule has 0 unspecified atom stereocenters. The van der Waals surface area contributed by atoms with Crippen molar-refractivity contribution in [1.82, 2.24) is 0 Å². The van der Waals surface area contributed by atoms with E-state index in [4.69, 9.17) is 18.0 Å². The zero-order valence-corrected chi connectivity index (χ0v) is 13.7. The first-order chi connectivity index (χ1) is 9.97. The van der Waals surface area contributed by atoms with Gasteiger partial charge in [-0.05, 0) is 31.2 Å². The molecule has 0 aliphatic heterocycles.